The number of Topliss-reactive ketones (excluding diaryl/α,β-unsaturated/α-hetero) is 1. The Balaban J connectivity index is 2.32. The monoisotopic (exact) mass is 281 g/mol. The first-order valence-corrected chi connectivity index (χ1v) is 7.06. The number of hydrogen-bond donors (Lipinski definition) is 1. The van der Waals surface area contributed by atoms with Crippen LogP contribution in [0.15, 0.2) is 24.3 Å². The van der Waals surface area contributed by atoms with Crippen molar-refractivity contribution in [3.8, 4) is 0 Å². The van der Waals surface area contributed by atoms with Crippen LogP contribution in [0.5, 0.6) is 0 Å². The zero-order valence-corrected chi connectivity index (χ0v) is 12.1. The number of halogens is 1. The van der Waals surface area contributed by atoms with Crippen molar-refractivity contribution in [2.45, 2.75) is 50.9 Å². The normalized spacial score (nSPS) is 27.8. The predicted octanol–water partition coefficient (Wildman–Crippen LogP) is 3.04. The third-order valence-electron chi connectivity index (χ3n) is 3.56. The zero-order valence-electron chi connectivity index (χ0n) is 11.4. The number of rotatable bonds is 3. The molecule has 0 saturated heterocycles. The quantitative estimate of drug-likeness (QED) is 0.926. The molecule has 1 fully saturated rings. The largest absolute Gasteiger partial charge is 0.368 e. The fourth-order valence-electron chi connectivity index (χ4n) is 2.66. The molecule has 0 unspecified atom stereocenters. The number of carbonyl (C=O) groups excluding carboxylic acids is 1. The molecule has 1 saturated carbocycles. The summed E-state index contributed by atoms with van der Waals surface area (Å²) in [5, 5.41) is 0.545. The summed E-state index contributed by atoms with van der Waals surface area (Å²) >= 11 is 6.19. The molecule has 19 heavy (non-hydrogen) atoms. The second kappa shape index (κ2) is 5.61. The summed E-state index contributed by atoms with van der Waals surface area (Å²) in [6.45, 7) is 3.85. The molecule has 1 aromatic rings. The van der Waals surface area contributed by atoms with Gasteiger partial charge in [0.1, 0.15) is 11.6 Å². The lowest BCUT2D eigenvalue weighted by molar-refractivity contribution is -0.143. The van der Waals surface area contributed by atoms with E-state index in [1.807, 2.05) is 32.0 Å². The van der Waals surface area contributed by atoms with Crippen molar-refractivity contribution >= 4 is 17.4 Å². The van der Waals surface area contributed by atoms with Gasteiger partial charge in [0.15, 0.2) is 5.78 Å². The summed E-state index contributed by atoms with van der Waals surface area (Å²) in [6.07, 6.45) is 1.82. The number of carbonyl (C=O) groups is 1. The Labute approximate surface area is 119 Å². The second-order valence-electron chi connectivity index (χ2n) is 5.38. The minimum Gasteiger partial charge on any atom is -0.368 e. The van der Waals surface area contributed by atoms with Crippen LogP contribution in [0.4, 0.5) is 0 Å². The first-order chi connectivity index (χ1) is 8.95. The van der Waals surface area contributed by atoms with Crippen molar-refractivity contribution in [2.75, 3.05) is 0 Å². The molecule has 2 rings (SSSR count). The second-order valence-corrected chi connectivity index (χ2v) is 5.79. The Morgan fingerprint density at radius 3 is 2.74 bits per heavy atom. The van der Waals surface area contributed by atoms with E-state index in [-0.39, 0.29) is 11.9 Å². The van der Waals surface area contributed by atoms with E-state index in [0.717, 1.165) is 12.8 Å². The number of hydrogen-bond acceptors (Lipinski definition) is 3. The molecule has 0 radical (unpaired) electrons. The minimum absolute atomic E-state index is 0.0162. The van der Waals surface area contributed by atoms with E-state index in [1.165, 1.54) is 0 Å². The molecule has 2 atom stereocenters. The fourth-order valence-corrected chi connectivity index (χ4v) is 2.96. The highest BCUT2D eigenvalue weighted by Gasteiger charge is 2.44. The van der Waals surface area contributed by atoms with Gasteiger partial charge in [0, 0.05) is 5.02 Å². The Hall–Kier alpha value is -0.900. The summed E-state index contributed by atoms with van der Waals surface area (Å²) in [7, 11) is 0. The maximum absolute atomic E-state index is 12.6. The first-order valence-electron chi connectivity index (χ1n) is 6.69. The molecule has 2 N–H and O–H groups in total. The molecule has 0 aromatic heterocycles. The van der Waals surface area contributed by atoms with Gasteiger partial charge >= 0.3 is 0 Å². The molecule has 0 bridgehead atoms. The molecule has 0 amide bonds. The van der Waals surface area contributed by atoms with E-state index in [1.54, 1.807) is 6.07 Å². The van der Waals surface area contributed by atoms with Gasteiger partial charge < -0.3 is 10.5 Å². The molecular weight excluding hydrogens is 262 g/mol. The Bertz CT molecular complexity index is 475. The smallest absolute Gasteiger partial charge is 0.185 e. The highest BCUT2D eigenvalue weighted by molar-refractivity contribution is 6.31. The average molecular weight is 282 g/mol. The van der Waals surface area contributed by atoms with Crippen molar-refractivity contribution in [1.82, 2.24) is 0 Å². The minimum atomic E-state index is -1.02. The van der Waals surface area contributed by atoms with Crippen LogP contribution in [0.25, 0.3) is 0 Å². The lowest BCUT2D eigenvalue weighted by Crippen LogP contribution is -2.53. The van der Waals surface area contributed by atoms with Gasteiger partial charge in [-0.15, -0.1) is 0 Å². The van der Waals surface area contributed by atoms with Crippen LogP contribution in [-0.4, -0.2) is 18.0 Å². The molecule has 1 aliphatic carbocycles. The fraction of sp³-hybridized carbons (Fsp3) is 0.533. The lowest BCUT2D eigenvalue weighted by Gasteiger charge is -2.37. The number of benzene rings is 1. The van der Waals surface area contributed by atoms with E-state index >= 15 is 0 Å². The molecule has 0 aliphatic heterocycles. The van der Waals surface area contributed by atoms with Crippen molar-refractivity contribution in [3.05, 3.63) is 34.9 Å². The summed E-state index contributed by atoms with van der Waals surface area (Å²) in [4.78, 5) is 12.6. The van der Waals surface area contributed by atoms with Gasteiger partial charge in [-0.05, 0) is 44.7 Å². The van der Waals surface area contributed by atoms with Gasteiger partial charge in [0.05, 0.1) is 6.10 Å². The van der Waals surface area contributed by atoms with Crippen molar-refractivity contribution in [3.63, 3.8) is 0 Å². The summed E-state index contributed by atoms with van der Waals surface area (Å²) < 4.78 is 5.69. The van der Waals surface area contributed by atoms with E-state index in [0.29, 0.717) is 17.0 Å². The van der Waals surface area contributed by atoms with Crippen LogP contribution in [-0.2, 0) is 15.1 Å². The molecule has 1 aliphatic rings. The summed E-state index contributed by atoms with van der Waals surface area (Å²) in [5.41, 5.74) is 6.07. The Morgan fingerprint density at radius 2 is 2.11 bits per heavy atom. The SMILES string of the molecule is CC(C)O[C@H]1CCC[C@](N)(c2ccccc2Cl)C1=O. The topological polar surface area (TPSA) is 52.3 Å². The Morgan fingerprint density at radius 1 is 1.42 bits per heavy atom. The summed E-state index contributed by atoms with van der Waals surface area (Å²) in [5.74, 6) is -0.0550. The summed E-state index contributed by atoms with van der Waals surface area (Å²) in [6, 6.07) is 7.30. The van der Waals surface area contributed by atoms with Crippen LogP contribution in [0.1, 0.15) is 38.7 Å². The van der Waals surface area contributed by atoms with Gasteiger partial charge in [0.2, 0.25) is 0 Å². The van der Waals surface area contributed by atoms with Crippen LogP contribution in [0.2, 0.25) is 5.02 Å². The highest BCUT2D eigenvalue weighted by Crippen LogP contribution is 2.37. The van der Waals surface area contributed by atoms with Gasteiger partial charge in [-0.2, -0.15) is 0 Å². The van der Waals surface area contributed by atoms with E-state index in [2.05, 4.69) is 0 Å². The van der Waals surface area contributed by atoms with Crippen LogP contribution in [0, 0.1) is 0 Å². The first kappa shape index (κ1) is 14.5. The highest BCUT2D eigenvalue weighted by atomic mass is 35.5. The van der Waals surface area contributed by atoms with Crippen molar-refractivity contribution < 1.29 is 9.53 Å². The maximum atomic E-state index is 12.6. The van der Waals surface area contributed by atoms with E-state index < -0.39 is 11.6 Å². The maximum Gasteiger partial charge on any atom is 0.185 e. The van der Waals surface area contributed by atoms with Gasteiger partial charge in [-0.3, -0.25) is 4.79 Å². The standard InChI is InChI=1S/C15H20ClNO2/c1-10(2)19-13-8-5-9-15(17,14(13)18)11-6-3-4-7-12(11)16/h3-4,6-7,10,13H,5,8-9,17H2,1-2H3/t13-,15-/m0/s1. The molecule has 104 valence electrons. The Kier molecular flexibility index (Phi) is 4.29. The van der Waals surface area contributed by atoms with Crippen molar-refractivity contribution in [2.24, 2.45) is 5.73 Å². The van der Waals surface area contributed by atoms with Crippen LogP contribution < -0.4 is 5.73 Å². The van der Waals surface area contributed by atoms with Crippen molar-refractivity contribution in [1.29, 1.82) is 0 Å². The average Bonchev–Trinajstić information content (AvgIpc) is 2.35. The molecular formula is C15H20ClNO2. The predicted molar refractivity (Wildman–Crippen MR) is 76.2 cm³/mol. The zero-order chi connectivity index (χ0) is 14.0. The molecule has 1 aromatic carbocycles. The van der Waals surface area contributed by atoms with Gasteiger partial charge in [-0.1, -0.05) is 29.8 Å². The van der Waals surface area contributed by atoms with Crippen LogP contribution >= 0.6 is 11.6 Å². The van der Waals surface area contributed by atoms with E-state index in [4.69, 9.17) is 22.1 Å². The van der Waals surface area contributed by atoms with Crippen LogP contribution in [0.3, 0.4) is 0 Å². The molecule has 0 heterocycles. The van der Waals surface area contributed by atoms with Gasteiger partial charge in [0.25, 0.3) is 0 Å². The molecule has 0 spiro atoms. The number of ketones is 1. The lowest BCUT2D eigenvalue weighted by atomic mass is 9.75. The number of nitrogens with two attached hydrogens (primary N) is 1. The third-order valence-corrected chi connectivity index (χ3v) is 3.89. The van der Waals surface area contributed by atoms with E-state index in [9.17, 15) is 4.79 Å². The molecule has 4 heteroatoms. The number of ether oxygens (including phenoxy) is 1. The molecule has 3 nitrogen and oxygen atoms in total. The third kappa shape index (κ3) is 2.83. The van der Waals surface area contributed by atoms with Gasteiger partial charge in [-0.25, -0.2) is 0 Å².